The molecule has 158 valence electrons. The predicted octanol–water partition coefficient (Wildman–Crippen LogP) is 2.66. The van der Waals surface area contributed by atoms with Crippen LogP contribution in [0.15, 0.2) is 35.7 Å². The van der Waals surface area contributed by atoms with Crippen LogP contribution in [0.4, 0.5) is 4.39 Å². The molecule has 0 saturated heterocycles. The van der Waals surface area contributed by atoms with Gasteiger partial charge in [-0.25, -0.2) is 12.8 Å². The molecule has 29 heavy (non-hydrogen) atoms. The number of carbonyl (C=O) groups is 1. The highest BCUT2D eigenvalue weighted by atomic mass is 32.2. The monoisotopic (exact) mass is 440 g/mol. The number of ether oxygens (including phenoxy) is 1. The minimum absolute atomic E-state index is 0.219. The Morgan fingerprint density at radius 1 is 1.31 bits per heavy atom. The molecule has 3 rings (SSSR count). The fourth-order valence-electron chi connectivity index (χ4n) is 3.58. The van der Waals surface area contributed by atoms with Gasteiger partial charge in [-0.2, -0.15) is 4.31 Å². The normalized spacial score (nSPS) is 16.8. The minimum atomic E-state index is -3.53. The second kappa shape index (κ2) is 9.34. The van der Waals surface area contributed by atoms with Crippen molar-refractivity contribution >= 4 is 27.3 Å². The smallest absolute Gasteiger partial charge is 0.238 e. The quantitative estimate of drug-likeness (QED) is 0.592. The van der Waals surface area contributed by atoms with Gasteiger partial charge in [-0.1, -0.05) is 12.1 Å². The number of nitrogens with zero attached hydrogens (tertiary/aromatic N) is 2. The summed E-state index contributed by atoms with van der Waals surface area (Å²) in [6.07, 6.45) is 2.34. The second-order valence-corrected chi connectivity index (χ2v) is 10.0. The van der Waals surface area contributed by atoms with Crippen molar-refractivity contribution in [3.63, 3.8) is 0 Å². The Kier molecular flexibility index (Phi) is 7.05. The molecule has 0 bridgehead atoms. The molecule has 0 spiro atoms. The molecule has 0 aliphatic carbocycles. The fraction of sp³-hybridized carbons (Fsp3) is 0.450. The summed E-state index contributed by atoms with van der Waals surface area (Å²) in [5.74, 6) is -0.603. The number of methoxy groups -OCH3 is 1. The van der Waals surface area contributed by atoms with E-state index in [-0.39, 0.29) is 30.9 Å². The van der Waals surface area contributed by atoms with Crippen LogP contribution >= 0.6 is 11.3 Å². The van der Waals surface area contributed by atoms with Crippen LogP contribution in [-0.2, 0) is 26.0 Å². The van der Waals surface area contributed by atoms with E-state index in [0.717, 1.165) is 23.8 Å². The van der Waals surface area contributed by atoms with Crippen molar-refractivity contribution in [1.29, 1.82) is 0 Å². The lowest BCUT2D eigenvalue weighted by molar-refractivity contribution is -0.133. The van der Waals surface area contributed by atoms with Crippen LogP contribution in [0.5, 0.6) is 0 Å². The van der Waals surface area contributed by atoms with E-state index in [9.17, 15) is 17.6 Å². The lowest BCUT2D eigenvalue weighted by Gasteiger charge is -2.37. The van der Waals surface area contributed by atoms with Crippen molar-refractivity contribution in [2.45, 2.75) is 18.9 Å². The zero-order chi connectivity index (χ0) is 21.0. The largest absolute Gasteiger partial charge is 0.385 e. The van der Waals surface area contributed by atoms with Gasteiger partial charge in [0.15, 0.2) is 0 Å². The molecule has 1 unspecified atom stereocenters. The number of carbonyl (C=O) groups excluding carboxylic acids is 1. The Labute approximate surface area is 174 Å². The maximum Gasteiger partial charge on any atom is 0.238 e. The molecular weight excluding hydrogens is 415 g/mol. The Hall–Kier alpha value is -1.81. The van der Waals surface area contributed by atoms with E-state index in [0.29, 0.717) is 19.6 Å². The molecule has 0 fully saturated rings. The topological polar surface area (TPSA) is 66.9 Å². The molecule has 6 nitrogen and oxygen atoms in total. The Bertz CT molecular complexity index is 944. The van der Waals surface area contributed by atoms with Crippen molar-refractivity contribution in [2.75, 3.05) is 39.6 Å². The van der Waals surface area contributed by atoms with E-state index in [1.54, 1.807) is 35.5 Å². The van der Waals surface area contributed by atoms with Crippen LogP contribution in [0.2, 0.25) is 0 Å². The minimum Gasteiger partial charge on any atom is -0.385 e. The van der Waals surface area contributed by atoms with E-state index in [4.69, 9.17) is 4.74 Å². The third kappa shape index (κ3) is 5.22. The van der Waals surface area contributed by atoms with Gasteiger partial charge < -0.3 is 9.64 Å². The molecular formula is C20H25FN2O4S2. The summed E-state index contributed by atoms with van der Waals surface area (Å²) in [6.45, 7) is 0.904. The second-order valence-electron chi connectivity index (χ2n) is 7.03. The number of fused-ring (bicyclic) bond motifs is 1. The van der Waals surface area contributed by atoms with E-state index < -0.39 is 10.0 Å². The third-order valence-electron chi connectivity index (χ3n) is 5.01. The third-order valence-corrected chi connectivity index (χ3v) is 7.25. The van der Waals surface area contributed by atoms with Gasteiger partial charge >= 0.3 is 0 Å². The molecule has 9 heteroatoms. The summed E-state index contributed by atoms with van der Waals surface area (Å²) in [5, 5.41) is 1.99. The fourth-order valence-corrected chi connectivity index (χ4v) is 5.29. The molecule has 1 aromatic carbocycles. The molecule has 2 aromatic rings. The standard InChI is InChI=1S/C20H25FN2O4S2/c1-27-12-3-10-22(29(2,25)26)14-19(24)23-11-8-18-17(9-13-28-18)20(23)15-4-6-16(21)7-5-15/h4-7,9,13,20H,3,8,10-12,14H2,1-2H3. The first-order chi connectivity index (χ1) is 13.8. The zero-order valence-corrected chi connectivity index (χ0v) is 18.1. The molecule has 2 heterocycles. The van der Waals surface area contributed by atoms with Gasteiger partial charge in [-0.05, 0) is 47.5 Å². The number of amides is 1. The van der Waals surface area contributed by atoms with Gasteiger partial charge in [0.1, 0.15) is 5.82 Å². The number of sulfonamides is 1. The van der Waals surface area contributed by atoms with Crippen LogP contribution in [0.3, 0.4) is 0 Å². The highest BCUT2D eigenvalue weighted by Crippen LogP contribution is 2.37. The lowest BCUT2D eigenvalue weighted by atomic mass is 9.93. The summed E-state index contributed by atoms with van der Waals surface area (Å²) in [7, 11) is -1.98. The zero-order valence-electron chi connectivity index (χ0n) is 16.5. The molecule has 1 aliphatic rings. The van der Waals surface area contributed by atoms with Gasteiger partial charge in [0.05, 0.1) is 18.8 Å². The lowest BCUT2D eigenvalue weighted by Crippen LogP contribution is -2.46. The molecule has 0 saturated carbocycles. The van der Waals surface area contributed by atoms with Crippen LogP contribution in [-0.4, -0.2) is 63.1 Å². The van der Waals surface area contributed by atoms with Crippen LogP contribution in [0, 0.1) is 5.82 Å². The first-order valence-corrected chi connectivity index (χ1v) is 12.1. The van der Waals surface area contributed by atoms with E-state index in [1.807, 2.05) is 11.4 Å². The van der Waals surface area contributed by atoms with E-state index in [1.165, 1.54) is 21.3 Å². The van der Waals surface area contributed by atoms with E-state index in [2.05, 4.69) is 0 Å². The molecule has 1 aromatic heterocycles. The highest BCUT2D eigenvalue weighted by Gasteiger charge is 2.34. The van der Waals surface area contributed by atoms with Crippen molar-refractivity contribution in [3.8, 4) is 0 Å². The molecule has 1 amide bonds. The first-order valence-electron chi connectivity index (χ1n) is 9.36. The SMILES string of the molecule is COCCCN(CC(=O)N1CCc2sccc2C1c1ccc(F)cc1)S(C)(=O)=O. The summed E-state index contributed by atoms with van der Waals surface area (Å²) in [5.41, 5.74) is 1.83. The number of thiophene rings is 1. The maximum absolute atomic E-state index is 13.4. The van der Waals surface area contributed by atoms with E-state index >= 15 is 0 Å². The average Bonchev–Trinajstić information content (AvgIpc) is 3.15. The number of hydrogen-bond donors (Lipinski definition) is 0. The summed E-state index contributed by atoms with van der Waals surface area (Å²) in [4.78, 5) is 16.1. The summed E-state index contributed by atoms with van der Waals surface area (Å²) >= 11 is 1.64. The van der Waals surface area contributed by atoms with Crippen molar-refractivity contribution in [2.24, 2.45) is 0 Å². The van der Waals surface area contributed by atoms with Crippen molar-refractivity contribution in [3.05, 3.63) is 57.5 Å². The van der Waals surface area contributed by atoms with Gasteiger partial charge in [-0.15, -0.1) is 11.3 Å². The summed E-state index contributed by atoms with van der Waals surface area (Å²) < 4.78 is 44.0. The van der Waals surface area contributed by atoms with Crippen LogP contribution < -0.4 is 0 Å². The van der Waals surface area contributed by atoms with Gasteiger partial charge in [0, 0.05) is 31.7 Å². The van der Waals surface area contributed by atoms with Crippen LogP contribution in [0.1, 0.15) is 28.5 Å². The van der Waals surface area contributed by atoms with Gasteiger partial charge in [0.25, 0.3) is 0 Å². The summed E-state index contributed by atoms with van der Waals surface area (Å²) in [6, 6.07) is 7.76. The first kappa shape index (κ1) is 21.9. The van der Waals surface area contributed by atoms with Crippen molar-refractivity contribution in [1.82, 2.24) is 9.21 Å². The van der Waals surface area contributed by atoms with Gasteiger partial charge in [0.2, 0.25) is 15.9 Å². The molecule has 0 radical (unpaired) electrons. The van der Waals surface area contributed by atoms with Gasteiger partial charge in [-0.3, -0.25) is 4.79 Å². The van der Waals surface area contributed by atoms with Crippen molar-refractivity contribution < 1.29 is 22.3 Å². The molecule has 0 N–H and O–H groups in total. The highest BCUT2D eigenvalue weighted by molar-refractivity contribution is 7.88. The number of halogens is 1. The number of benzene rings is 1. The predicted molar refractivity (Wildman–Crippen MR) is 111 cm³/mol. The Morgan fingerprint density at radius 2 is 2.03 bits per heavy atom. The Balaban J connectivity index is 1.86. The van der Waals surface area contributed by atoms with Crippen LogP contribution in [0.25, 0.3) is 0 Å². The maximum atomic E-state index is 13.4. The molecule has 1 aliphatic heterocycles. The number of hydrogen-bond acceptors (Lipinski definition) is 5. The Morgan fingerprint density at radius 3 is 2.69 bits per heavy atom. The molecule has 1 atom stereocenters. The average molecular weight is 441 g/mol. The number of rotatable bonds is 8.